The Morgan fingerprint density at radius 2 is 1.90 bits per heavy atom. The minimum atomic E-state index is -0.779. The van der Waals surface area contributed by atoms with Crippen LogP contribution in [0.1, 0.15) is 40.5 Å². The van der Waals surface area contributed by atoms with Gasteiger partial charge in [-0.15, -0.1) is 0 Å². The van der Waals surface area contributed by atoms with Crippen LogP contribution in [0.25, 0.3) is 0 Å². The van der Waals surface area contributed by atoms with Crippen molar-refractivity contribution in [3.8, 4) is 0 Å². The third-order valence-electron chi connectivity index (χ3n) is 2.61. The van der Waals surface area contributed by atoms with E-state index in [-0.39, 0.29) is 19.1 Å². The average molecular weight is 284 g/mol. The standard InChI is InChI=1S/C14H24N2O4/c1-13(2,3)20-12(19)15-8-11(18)16-14(4,9-17)7-10-5-6-10/h7,17H,5-6,8-9H2,1-4H3,(H,15,19)(H,16,18)/t14-/m1/s1. The van der Waals surface area contributed by atoms with Crippen LogP contribution < -0.4 is 10.6 Å². The zero-order chi connectivity index (χ0) is 15.4. The third kappa shape index (κ3) is 6.56. The number of hydrogen-bond acceptors (Lipinski definition) is 4. The zero-order valence-corrected chi connectivity index (χ0v) is 12.6. The van der Waals surface area contributed by atoms with Crippen molar-refractivity contribution in [1.82, 2.24) is 10.6 Å². The molecule has 114 valence electrons. The second-order valence-corrected chi connectivity index (χ2v) is 6.28. The number of rotatable bonds is 5. The van der Waals surface area contributed by atoms with Gasteiger partial charge in [0.25, 0.3) is 0 Å². The molecular formula is C14H24N2O4. The molecule has 1 aliphatic carbocycles. The first kappa shape index (κ1) is 16.5. The van der Waals surface area contributed by atoms with Crippen molar-refractivity contribution in [2.45, 2.75) is 51.7 Å². The normalized spacial score (nSPS) is 16.9. The van der Waals surface area contributed by atoms with Crippen LogP contribution in [0.2, 0.25) is 0 Å². The number of carbonyl (C=O) groups excluding carboxylic acids is 2. The lowest BCUT2D eigenvalue weighted by Crippen LogP contribution is -2.51. The highest BCUT2D eigenvalue weighted by molar-refractivity contribution is 5.83. The van der Waals surface area contributed by atoms with Gasteiger partial charge in [0, 0.05) is 0 Å². The molecule has 0 unspecified atom stereocenters. The minimum absolute atomic E-state index is 0.186. The topological polar surface area (TPSA) is 87.7 Å². The molecule has 1 rings (SSSR count). The molecule has 0 saturated heterocycles. The van der Waals surface area contributed by atoms with Gasteiger partial charge in [0.2, 0.25) is 5.91 Å². The van der Waals surface area contributed by atoms with E-state index in [1.807, 2.05) is 6.08 Å². The van der Waals surface area contributed by atoms with Crippen molar-refractivity contribution in [2.24, 2.45) is 0 Å². The fourth-order valence-electron chi connectivity index (χ4n) is 1.62. The van der Waals surface area contributed by atoms with E-state index in [2.05, 4.69) is 10.6 Å². The highest BCUT2D eigenvalue weighted by Gasteiger charge is 2.26. The molecule has 0 aromatic carbocycles. The van der Waals surface area contributed by atoms with Crippen LogP contribution in [0, 0.1) is 0 Å². The summed E-state index contributed by atoms with van der Waals surface area (Å²) in [5.41, 5.74) is -0.156. The highest BCUT2D eigenvalue weighted by atomic mass is 16.6. The second kappa shape index (κ2) is 6.26. The van der Waals surface area contributed by atoms with Gasteiger partial charge in [-0.2, -0.15) is 0 Å². The maximum atomic E-state index is 11.8. The van der Waals surface area contributed by atoms with Gasteiger partial charge >= 0.3 is 6.09 Å². The van der Waals surface area contributed by atoms with E-state index in [1.165, 1.54) is 5.57 Å². The van der Waals surface area contributed by atoms with Crippen molar-refractivity contribution < 1.29 is 19.4 Å². The van der Waals surface area contributed by atoms with Crippen LogP contribution in [0.3, 0.4) is 0 Å². The smallest absolute Gasteiger partial charge is 0.408 e. The summed E-state index contributed by atoms with van der Waals surface area (Å²) in [6, 6.07) is 0. The zero-order valence-electron chi connectivity index (χ0n) is 12.6. The van der Waals surface area contributed by atoms with E-state index in [0.717, 1.165) is 12.8 Å². The monoisotopic (exact) mass is 284 g/mol. The first-order chi connectivity index (χ1) is 9.13. The van der Waals surface area contributed by atoms with Crippen molar-refractivity contribution in [3.05, 3.63) is 11.6 Å². The molecule has 0 aromatic rings. The van der Waals surface area contributed by atoms with Crippen molar-refractivity contribution in [2.75, 3.05) is 13.2 Å². The fourth-order valence-corrected chi connectivity index (χ4v) is 1.62. The summed E-state index contributed by atoms with van der Waals surface area (Å²) in [5.74, 6) is -0.370. The van der Waals surface area contributed by atoms with Crippen LogP contribution in [0.4, 0.5) is 4.79 Å². The number of aliphatic hydroxyl groups is 1. The Morgan fingerprint density at radius 1 is 1.30 bits per heavy atom. The van der Waals surface area contributed by atoms with Gasteiger partial charge in [0.1, 0.15) is 12.1 Å². The number of amides is 2. The van der Waals surface area contributed by atoms with Gasteiger partial charge in [-0.1, -0.05) is 11.6 Å². The molecule has 0 bridgehead atoms. The number of nitrogens with one attached hydrogen (secondary N) is 2. The van der Waals surface area contributed by atoms with Crippen molar-refractivity contribution >= 4 is 12.0 Å². The van der Waals surface area contributed by atoms with Crippen LogP contribution in [-0.2, 0) is 9.53 Å². The predicted molar refractivity (Wildman–Crippen MR) is 75.2 cm³/mol. The van der Waals surface area contributed by atoms with Gasteiger partial charge in [-0.3, -0.25) is 4.79 Å². The Hall–Kier alpha value is -1.56. The summed E-state index contributed by atoms with van der Waals surface area (Å²) in [7, 11) is 0. The van der Waals surface area contributed by atoms with Crippen LogP contribution in [0.15, 0.2) is 11.6 Å². The lowest BCUT2D eigenvalue weighted by atomic mass is 10.0. The van der Waals surface area contributed by atoms with E-state index in [9.17, 15) is 14.7 Å². The number of allylic oxidation sites excluding steroid dienone is 1. The number of carbonyl (C=O) groups is 2. The number of hydrogen-bond donors (Lipinski definition) is 3. The molecule has 1 atom stereocenters. The van der Waals surface area contributed by atoms with Crippen LogP contribution >= 0.6 is 0 Å². The largest absolute Gasteiger partial charge is 0.444 e. The molecule has 0 aromatic heterocycles. The molecule has 1 aliphatic rings. The fraction of sp³-hybridized carbons (Fsp3) is 0.714. The van der Waals surface area contributed by atoms with E-state index in [0.29, 0.717) is 0 Å². The molecule has 0 spiro atoms. The summed E-state index contributed by atoms with van der Waals surface area (Å²) >= 11 is 0. The number of alkyl carbamates (subject to hydrolysis) is 1. The quantitative estimate of drug-likeness (QED) is 0.660. The maximum absolute atomic E-state index is 11.8. The van der Waals surface area contributed by atoms with E-state index >= 15 is 0 Å². The Labute approximate surface area is 119 Å². The molecule has 1 saturated carbocycles. The van der Waals surface area contributed by atoms with Crippen LogP contribution in [-0.4, -0.2) is 41.4 Å². The van der Waals surface area contributed by atoms with Crippen LogP contribution in [0.5, 0.6) is 0 Å². The minimum Gasteiger partial charge on any atom is -0.444 e. The van der Waals surface area contributed by atoms with Gasteiger partial charge in [0.15, 0.2) is 0 Å². The highest BCUT2D eigenvalue weighted by Crippen LogP contribution is 2.30. The molecule has 3 N–H and O–H groups in total. The van der Waals surface area contributed by atoms with Crippen molar-refractivity contribution in [3.63, 3.8) is 0 Å². The summed E-state index contributed by atoms with van der Waals surface area (Å²) in [6.45, 7) is 6.61. The Bertz CT molecular complexity index is 406. The lowest BCUT2D eigenvalue weighted by molar-refractivity contribution is -0.122. The molecule has 0 aliphatic heterocycles. The van der Waals surface area contributed by atoms with E-state index < -0.39 is 17.2 Å². The Kier molecular flexibility index (Phi) is 5.16. The average Bonchev–Trinajstić information content (AvgIpc) is 3.08. The van der Waals surface area contributed by atoms with Gasteiger partial charge in [-0.25, -0.2) is 4.79 Å². The number of ether oxygens (including phenoxy) is 1. The molecular weight excluding hydrogens is 260 g/mol. The summed E-state index contributed by atoms with van der Waals surface area (Å²) in [6.07, 6.45) is 3.26. The lowest BCUT2D eigenvalue weighted by Gasteiger charge is -2.25. The third-order valence-corrected chi connectivity index (χ3v) is 2.61. The molecule has 0 heterocycles. The second-order valence-electron chi connectivity index (χ2n) is 6.28. The Balaban J connectivity index is 2.39. The Morgan fingerprint density at radius 3 is 2.35 bits per heavy atom. The van der Waals surface area contributed by atoms with Gasteiger partial charge in [-0.05, 0) is 40.5 Å². The van der Waals surface area contributed by atoms with Gasteiger partial charge < -0.3 is 20.5 Å². The molecule has 6 heteroatoms. The molecule has 6 nitrogen and oxygen atoms in total. The molecule has 1 fully saturated rings. The summed E-state index contributed by atoms with van der Waals surface area (Å²) in [4.78, 5) is 23.2. The first-order valence-electron chi connectivity index (χ1n) is 6.73. The molecule has 2 amide bonds. The summed E-state index contributed by atoms with van der Waals surface area (Å²) < 4.78 is 5.03. The maximum Gasteiger partial charge on any atom is 0.408 e. The predicted octanol–water partition coefficient (Wildman–Crippen LogP) is 1.10. The van der Waals surface area contributed by atoms with E-state index in [4.69, 9.17) is 4.74 Å². The first-order valence-corrected chi connectivity index (χ1v) is 6.73. The van der Waals surface area contributed by atoms with E-state index in [1.54, 1.807) is 27.7 Å². The summed E-state index contributed by atoms with van der Waals surface area (Å²) in [5, 5.41) is 14.4. The molecule has 0 radical (unpaired) electrons. The molecule has 20 heavy (non-hydrogen) atoms. The van der Waals surface area contributed by atoms with Gasteiger partial charge in [0.05, 0.1) is 12.1 Å². The number of aliphatic hydroxyl groups excluding tert-OH is 1. The SMILES string of the molecule is CC(C)(C)OC(=O)NCC(=O)N[C@](C)(C=C1CC1)CO. The van der Waals surface area contributed by atoms with Crippen molar-refractivity contribution in [1.29, 1.82) is 0 Å².